The van der Waals surface area contributed by atoms with Crippen LogP contribution in [0.2, 0.25) is 0 Å². The predicted molar refractivity (Wildman–Crippen MR) is 36.6 cm³/mol. The maximum atomic E-state index is 9.09. The van der Waals surface area contributed by atoms with Gasteiger partial charge in [0.1, 0.15) is 12.2 Å². The first-order valence-corrected chi connectivity index (χ1v) is 3.52. The van der Waals surface area contributed by atoms with Gasteiger partial charge in [0.25, 0.3) is 0 Å². The van der Waals surface area contributed by atoms with Crippen LogP contribution < -0.4 is 5.73 Å². The molecule has 0 aromatic carbocycles. The van der Waals surface area contributed by atoms with Gasteiger partial charge in [0.05, 0.1) is 12.2 Å². The molecule has 0 spiro atoms. The molecule has 0 heterocycles. The quantitative estimate of drug-likeness (QED) is 0.264. The molecule has 0 saturated heterocycles. The largest absolute Gasteiger partial charge is 0.390 e. The topological polar surface area (TPSA) is 107 Å². The molecule has 1 aliphatic carbocycles. The molecule has 1 fully saturated rings. The molecule has 5 heteroatoms. The minimum atomic E-state index is -1.34. The Hall–Kier alpha value is -0.200. The van der Waals surface area contributed by atoms with Gasteiger partial charge in [-0.3, -0.25) is 0 Å². The smallest absolute Gasteiger partial charge is 0.110 e. The summed E-state index contributed by atoms with van der Waals surface area (Å²) in [5.74, 6) is 0. The van der Waals surface area contributed by atoms with Gasteiger partial charge in [-0.15, -0.1) is 0 Å². The van der Waals surface area contributed by atoms with Gasteiger partial charge >= 0.3 is 0 Å². The van der Waals surface area contributed by atoms with Crippen molar-refractivity contribution in [3.05, 3.63) is 0 Å². The number of aliphatic hydroxyl groups is 4. The SMILES string of the molecule is N[C@@H]1C[C@@H](O)[C@@H](O)[C@H](O)[C@H]1O. The summed E-state index contributed by atoms with van der Waals surface area (Å²) in [6.45, 7) is 0. The lowest BCUT2D eigenvalue weighted by atomic mass is 9.86. The van der Waals surface area contributed by atoms with Crippen LogP contribution in [0.3, 0.4) is 0 Å². The molecule has 0 aromatic heterocycles. The fraction of sp³-hybridized carbons (Fsp3) is 1.00. The van der Waals surface area contributed by atoms with Gasteiger partial charge in [-0.25, -0.2) is 0 Å². The molecule has 11 heavy (non-hydrogen) atoms. The first-order valence-electron chi connectivity index (χ1n) is 3.52. The summed E-state index contributed by atoms with van der Waals surface area (Å²) in [5, 5.41) is 36.2. The van der Waals surface area contributed by atoms with Crippen molar-refractivity contribution in [3.63, 3.8) is 0 Å². The molecule has 66 valence electrons. The Morgan fingerprint density at radius 1 is 0.909 bits per heavy atom. The van der Waals surface area contributed by atoms with Crippen molar-refractivity contribution in [2.24, 2.45) is 5.73 Å². The molecule has 5 atom stereocenters. The van der Waals surface area contributed by atoms with Gasteiger partial charge in [0.2, 0.25) is 0 Å². The van der Waals surface area contributed by atoms with Crippen LogP contribution in [0.4, 0.5) is 0 Å². The maximum Gasteiger partial charge on any atom is 0.110 e. The van der Waals surface area contributed by atoms with E-state index < -0.39 is 30.5 Å². The Labute approximate surface area is 64.1 Å². The fourth-order valence-electron chi connectivity index (χ4n) is 1.24. The van der Waals surface area contributed by atoms with Gasteiger partial charge in [-0.2, -0.15) is 0 Å². The van der Waals surface area contributed by atoms with Crippen LogP contribution in [-0.2, 0) is 0 Å². The van der Waals surface area contributed by atoms with E-state index in [1.54, 1.807) is 0 Å². The zero-order valence-corrected chi connectivity index (χ0v) is 5.96. The molecule has 0 amide bonds. The van der Waals surface area contributed by atoms with Crippen molar-refractivity contribution < 1.29 is 20.4 Å². The molecule has 5 nitrogen and oxygen atoms in total. The summed E-state index contributed by atoms with van der Waals surface area (Å²) in [4.78, 5) is 0. The standard InChI is InChI=1S/C6H13NO4/c7-2-1-3(8)5(10)6(11)4(2)9/h2-6,8-11H,1,7H2/t2-,3-,4+,5-,6-/m1/s1. The van der Waals surface area contributed by atoms with Crippen LogP contribution in [-0.4, -0.2) is 50.9 Å². The van der Waals surface area contributed by atoms with Crippen LogP contribution in [0.15, 0.2) is 0 Å². The highest BCUT2D eigenvalue weighted by Gasteiger charge is 2.40. The molecule has 0 radical (unpaired) electrons. The average molecular weight is 163 g/mol. The zero-order valence-electron chi connectivity index (χ0n) is 5.96. The van der Waals surface area contributed by atoms with Crippen molar-refractivity contribution >= 4 is 0 Å². The van der Waals surface area contributed by atoms with Crippen molar-refractivity contribution in [2.75, 3.05) is 0 Å². The summed E-state index contributed by atoms with van der Waals surface area (Å²) < 4.78 is 0. The highest BCUT2D eigenvalue weighted by atomic mass is 16.4. The van der Waals surface area contributed by atoms with Crippen molar-refractivity contribution in [3.8, 4) is 0 Å². The highest BCUT2D eigenvalue weighted by molar-refractivity contribution is 4.94. The van der Waals surface area contributed by atoms with Crippen LogP contribution in [0.25, 0.3) is 0 Å². The number of rotatable bonds is 0. The Kier molecular flexibility index (Phi) is 2.46. The van der Waals surface area contributed by atoms with Crippen LogP contribution in [0.5, 0.6) is 0 Å². The van der Waals surface area contributed by atoms with E-state index in [9.17, 15) is 0 Å². The monoisotopic (exact) mass is 163 g/mol. The third-order valence-corrected chi connectivity index (χ3v) is 2.05. The second-order valence-electron chi connectivity index (χ2n) is 2.94. The lowest BCUT2D eigenvalue weighted by Crippen LogP contribution is -2.58. The van der Waals surface area contributed by atoms with E-state index in [1.807, 2.05) is 0 Å². The molecule has 6 N–H and O–H groups in total. The van der Waals surface area contributed by atoms with Gasteiger partial charge < -0.3 is 26.2 Å². The maximum absolute atomic E-state index is 9.09. The Morgan fingerprint density at radius 2 is 1.45 bits per heavy atom. The normalized spacial score (nSPS) is 52.6. The summed E-state index contributed by atoms with van der Waals surface area (Å²) in [6.07, 6.45) is -4.70. The predicted octanol–water partition coefficient (Wildman–Crippen LogP) is -2.84. The Morgan fingerprint density at radius 3 is 2.00 bits per heavy atom. The number of hydrogen-bond acceptors (Lipinski definition) is 5. The van der Waals surface area contributed by atoms with E-state index in [2.05, 4.69) is 0 Å². The second kappa shape index (κ2) is 3.04. The molecule has 0 aliphatic heterocycles. The fourth-order valence-corrected chi connectivity index (χ4v) is 1.24. The van der Waals surface area contributed by atoms with Gasteiger partial charge in [0, 0.05) is 6.04 Å². The van der Waals surface area contributed by atoms with Gasteiger partial charge in [-0.05, 0) is 6.42 Å². The molecule has 1 aliphatic rings. The van der Waals surface area contributed by atoms with Gasteiger partial charge in [0.15, 0.2) is 0 Å². The number of nitrogens with two attached hydrogens (primary N) is 1. The van der Waals surface area contributed by atoms with Crippen LogP contribution >= 0.6 is 0 Å². The second-order valence-corrected chi connectivity index (χ2v) is 2.94. The molecule has 0 aromatic rings. The van der Waals surface area contributed by atoms with Crippen LogP contribution in [0, 0.1) is 0 Å². The van der Waals surface area contributed by atoms with Gasteiger partial charge in [-0.1, -0.05) is 0 Å². The summed E-state index contributed by atoms with van der Waals surface area (Å²) >= 11 is 0. The van der Waals surface area contributed by atoms with E-state index in [0.717, 1.165) is 0 Å². The van der Waals surface area contributed by atoms with Crippen molar-refractivity contribution in [1.29, 1.82) is 0 Å². The van der Waals surface area contributed by atoms with E-state index in [4.69, 9.17) is 26.2 Å². The highest BCUT2D eigenvalue weighted by Crippen LogP contribution is 2.18. The number of hydrogen-bond donors (Lipinski definition) is 5. The van der Waals surface area contributed by atoms with E-state index in [0.29, 0.717) is 0 Å². The molecule has 0 unspecified atom stereocenters. The average Bonchev–Trinajstić information content (AvgIpc) is 1.97. The Bertz CT molecular complexity index is 129. The van der Waals surface area contributed by atoms with E-state index >= 15 is 0 Å². The summed E-state index contributed by atoms with van der Waals surface area (Å²) in [7, 11) is 0. The lowest BCUT2D eigenvalue weighted by molar-refractivity contribution is -0.141. The minimum absolute atomic E-state index is 0.111. The third kappa shape index (κ3) is 1.52. The number of aliphatic hydroxyl groups excluding tert-OH is 4. The summed E-state index contributed by atoms with van der Waals surface area (Å²) in [5.41, 5.74) is 5.34. The third-order valence-electron chi connectivity index (χ3n) is 2.05. The van der Waals surface area contributed by atoms with E-state index in [1.165, 1.54) is 0 Å². The first kappa shape index (κ1) is 8.89. The molecule has 0 bridgehead atoms. The van der Waals surface area contributed by atoms with E-state index in [-0.39, 0.29) is 6.42 Å². The molecular formula is C6H13NO4. The minimum Gasteiger partial charge on any atom is -0.390 e. The Balaban J connectivity index is 2.63. The van der Waals surface area contributed by atoms with Crippen molar-refractivity contribution in [1.82, 2.24) is 0 Å². The van der Waals surface area contributed by atoms with Crippen LogP contribution in [0.1, 0.15) is 6.42 Å². The molecule has 1 rings (SSSR count). The zero-order chi connectivity index (χ0) is 8.59. The first-order chi connectivity index (χ1) is 5.04. The molecule has 1 saturated carbocycles. The summed E-state index contributed by atoms with van der Waals surface area (Å²) in [6, 6.07) is -0.664. The lowest BCUT2D eigenvalue weighted by Gasteiger charge is -2.36. The molecular weight excluding hydrogens is 150 g/mol. The van der Waals surface area contributed by atoms with Crippen molar-refractivity contribution in [2.45, 2.75) is 36.9 Å².